The van der Waals surface area contributed by atoms with Gasteiger partial charge in [-0.2, -0.15) is 0 Å². The van der Waals surface area contributed by atoms with E-state index in [4.69, 9.17) is 5.11 Å². The molecular formula is C30H28O2. The molecule has 4 rings (SSSR count). The normalized spacial score (nSPS) is 14.0. The Bertz CT molecular complexity index is 1250. The standard InChI is InChI=1S/C30H28O2/c1-4-26(24-10-7-8-20(2)18-24)30(23-15-12-22(13-16-23)14-17-29(31)32)28-19-25-9-5-6-11-27(25)21(28)3/h5-18H,4,19H2,1-3H3,(H,31,32)/b17-14+,30-26+. The van der Waals surface area contributed by atoms with Gasteiger partial charge in [-0.1, -0.05) is 85.3 Å². The van der Waals surface area contributed by atoms with Crippen molar-refractivity contribution in [2.45, 2.75) is 33.6 Å². The number of hydrogen-bond acceptors (Lipinski definition) is 1. The molecule has 0 heterocycles. The number of fused-ring (bicyclic) bond motifs is 1. The first-order valence-corrected chi connectivity index (χ1v) is 11.1. The van der Waals surface area contributed by atoms with Gasteiger partial charge < -0.3 is 5.11 Å². The summed E-state index contributed by atoms with van der Waals surface area (Å²) in [4.78, 5) is 10.9. The van der Waals surface area contributed by atoms with Gasteiger partial charge in [0.2, 0.25) is 0 Å². The van der Waals surface area contributed by atoms with Crippen LogP contribution < -0.4 is 0 Å². The molecule has 160 valence electrons. The minimum absolute atomic E-state index is 0.879. The molecule has 0 spiro atoms. The molecule has 2 heteroatoms. The molecule has 0 fully saturated rings. The van der Waals surface area contributed by atoms with E-state index in [9.17, 15) is 4.79 Å². The molecule has 0 bridgehead atoms. The number of rotatable bonds is 6. The van der Waals surface area contributed by atoms with Crippen molar-refractivity contribution in [2.24, 2.45) is 0 Å². The van der Waals surface area contributed by atoms with Crippen molar-refractivity contribution in [1.29, 1.82) is 0 Å². The summed E-state index contributed by atoms with van der Waals surface area (Å²) in [7, 11) is 0. The van der Waals surface area contributed by atoms with Crippen molar-refractivity contribution < 1.29 is 9.90 Å². The second-order valence-electron chi connectivity index (χ2n) is 8.31. The van der Waals surface area contributed by atoms with E-state index in [-0.39, 0.29) is 0 Å². The molecule has 0 aliphatic heterocycles. The molecule has 2 nitrogen and oxygen atoms in total. The quantitative estimate of drug-likeness (QED) is 0.332. The van der Waals surface area contributed by atoms with Gasteiger partial charge >= 0.3 is 5.97 Å². The molecule has 0 radical (unpaired) electrons. The number of carbonyl (C=O) groups is 1. The highest BCUT2D eigenvalue weighted by Gasteiger charge is 2.24. The van der Waals surface area contributed by atoms with E-state index in [1.54, 1.807) is 6.08 Å². The van der Waals surface area contributed by atoms with Gasteiger partial charge in [0.25, 0.3) is 0 Å². The topological polar surface area (TPSA) is 37.3 Å². The third kappa shape index (κ3) is 4.36. The average Bonchev–Trinajstić information content (AvgIpc) is 3.12. The van der Waals surface area contributed by atoms with Crippen LogP contribution in [0.2, 0.25) is 0 Å². The van der Waals surface area contributed by atoms with Gasteiger partial charge in [0.1, 0.15) is 0 Å². The number of allylic oxidation sites excluding steroid dienone is 4. The second-order valence-corrected chi connectivity index (χ2v) is 8.31. The Balaban J connectivity index is 1.90. The molecule has 1 aliphatic carbocycles. The number of aryl methyl sites for hydroxylation is 1. The lowest BCUT2D eigenvalue weighted by molar-refractivity contribution is -0.131. The van der Waals surface area contributed by atoms with Crippen LogP contribution >= 0.6 is 0 Å². The zero-order valence-electron chi connectivity index (χ0n) is 18.9. The summed E-state index contributed by atoms with van der Waals surface area (Å²) in [6, 6.07) is 25.6. The summed E-state index contributed by atoms with van der Waals surface area (Å²) in [6.45, 7) is 6.59. The average molecular weight is 421 g/mol. The second kappa shape index (κ2) is 9.23. The predicted octanol–water partition coefficient (Wildman–Crippen LogP) is 7.44. The minimum atomic E-state index is -0.938. The first-order valence-electron chi connectivity index (χ1n) is 11.1. The highest BCUT2D eigenvalue weighted by atomic mass is 16.4. The molecule has 1 N–H and O–H groups in total. The molecule has 0 aromatic heterocycles. The van der Waals surface area contributed by atoms with Crippen LogP contribution in [0.1, 0.15) is 53.6 Å². The third-order valence-corrected chi connectivity index (χ3v) is 6.18. The van der Waals surface area contributed by atoms with Crippen molar-refractivity contribution in [2.75, 3.05) is 0 Å². The van der Waals surface area contributed by atoms with Gasteiger partial charge in [0.05, 0.1) is 0 Å². The van der Waals surface area contributed by atoms with E-state index in [1.807, 2.05) is 12.1 Å². The molecule has 0 saturated carbocycles. The molecular weight excluding hydrogens is 392 g/mol. The third-order valence-electron chi connectivity index (χ3n) is 6.18. The first kappa shape index (κ1) is 21.6. The van der Waals surface area contributed by atoms with Crippen LogP contribution in [0.4, 0.5) is 0 Å². The Morgan fingerprint density at radius 1 is 0.938 bits per heavy atom. The van der Waals surface area contributed by atoms with E-state index in [1.165, 1.54) is 50.6 Å². The summed E-state index contributed by atoms with van der Waals surface area (Å²) in [6.07, 6.45) is 4.66. The van der Waals surface area contributed by atoms with Crippen LogP contribution in [0, 0.1) is 6.92 Å². The fourth-order valence-electron chi connectivity index (χ4n) is 4.62. The Hall–Kier alpha value is -3.65. The first-order chi connectivity index (χ1) is 15.5. The van der Waals surface area contributed by atoms with E-state index in [2.05, 4.69) is 81.4 Å². The van der Waals surface area contributed by atoms with Gasteiger partial charge in [-0.3, -0.25) is 0 Å². The maximum atomic E-state index is 10.9. The molecule has 32 heavy (non-hydrogen) atoms. The molecule has 3 aromatic carbocycles. The summed E-state index contributed by atoms with van der Waals surface area (Å²) >= 11 is 0. The molecule has 0 atom stereocenters. The minimum Gasteiger partial charge on any atom is -0.478 e. The van der Waals surface area contributed by atoms with Gasteiger partial charge in [-0.15, -0.1) is 0 Å². The van der Waals surface area contributed by atoms with Crippen LogP contribution in [0.3, 0.4) is 0 Å². The van der Waals surface area contributed by atoms with Gasteiger partial charge in [-0.05, 0) is 82.9 Å². The fourth-order valence-corrected chi connectivity index (χ4v) is 4.62. The van der Waals surface area contributed by atoms with Crippen LogP contribution in [0.5, 0.6) is 0 Å². The van der Waals surface area contributed by atoms with E-state index >= 15 is 0 Å². The SMILES string of the molecule is CC/C(=C(\C1=C(C)c2ccccc2C1)c1ccc(/C=C/C(=O)O)cc1)c1cccc(C)c1. The zero-order valence-corrected chi connectivity index (χ0v) is 18.9. The fraction of sp³-hybridized carbons (Fsp3) is 0.167. The van der Waals surface area contributed by atoms with Crippen LogP contribution in [-0.4, -0.2) is 11.1 Å². The van der Waals surface area contributed by atoms with Crippen molar-refractivity contribution in [3.8, 4) is 0 Å². The highest BCUT2D eigenvalue weighted by molar-refractivity contribution is 6.04. The molecule has 0 unspecified atom stereocenters. The van der Waals surface area contributed by atoms with Crippen LogP contribution in [0.15, 0.2) is 84.4 Å². The van der Waals surface area contributed by atoms with Gasteiger partial charge in [-0.25, -0.2) is 4.79 Å². The molecule has 1 aliphatic rings. The van der Waals surface area contributed by atoms with Crippen LogP contribution in [-0.2, 0) is 11.2 Å². The summed E-state index contributed by atoms with van der Waals surface area (Å²) in [5.74, 6) is -0.938. The largest absolute Gasteiger partial charge is 0.478 e. The summed E-state index contributed by atoms with van der Waals surface area (Å²) in [5.41, 5.74) is 12.6. The maximum absolute atomic E-state index is 10.9. The Kier molecular flexibility index (Phi) is 6.23. The highest BCUT2D eigenvalue weighted by Crippen LogP contribution is 2.43. The monoisotopic (exact) mass is 420 g/mol. The number of hydrogen-bond donors (Lipinski definition) is 1. The van der Waals surface area contributed by atoms with Gasteiger partial charge in [0, 0.05) is 6.08 Å². The van der Waals surface area contributed by atoms with Gasteiger partial charge in [0.15, 0.2) is 0 Å². The lowest BCUT2D eigenvalue weighted by atomic mass is 9.85. The molecule has 3 aromatic rings. The Morgan fingerprint density at radius 3 is 2.34 bits per heavy atom. The Morgan fingerprint density at radius 2 is 1.69 bits per heavy atom. The number of aliphatic carboxylic acids is 1. The number of carboxylic acid groups (broad SMARTS) is 1. The van der Waals surface area contributed by atoms with Crippen molar-refractivity contribution >= 4 is 28.8 Å². The maximum Gasteiger partial charge on any atom is 0.328 e. The number of benzene rings is 3. The predicted molar refractivity (Wildman–Crippen MR) is 134 cm³/mol. The Labute approximate surface area is 190 Å². The summed E-state index contributed by atoms with van der Waals surface area (Å²) < 4.78 is 0. The van der Waals surface area contributed by atoms with E-state index < -0.39 is 5.97 Å². The van der Waals surface area contributed by atoms with E-state index in [0.29, 0.717) is 0 Å². The molecule has 0 saturated heterocycles. The van der Waals surface area contributed by atoms with Crippen LogP contribution in [0.25, 0.3) is 22.8 Å². The smallest absolute Gasteiger partial charge is 0.328 e. The number of carboxylic acids is 1. The van der Waals surface area contributed by atoms with E-state index in [0.717, 1.165) is 24.0 Å². The lowest BCUT2D eigenvalue weighted by Crippen LogP contribution is -1.98. The summed E-state index contributed by atoms with van der Waals surface area (Å²) in [5, 5.41) is 8.93. The zero-order chi connectivity index (χ0) is 22.7. The van der Waals surface area contributed by atoms with Crippen molar-refractivity contribution in [3.05, 3.63) is 118 Å². The van der Waals surface area contributed by atoms with Crippen molar-refractivity contribution in [3.63, 3.8) is 0 Å². The van der Waals surface area contributed by atoms with Crippen molar-refractivity contribution in [1.82, 2.24) is 0 Å². The molecule has 0 amide bonds. The lowest BCUT2D eigenvalue weighted by Gasteiger charge is -2.19.